The van der Waals surface area contributed by atoms with E-state index in [4.69, 9.17) is 13.6 Å². The molecule has 12 heteroatoms. The Balaban J connectivity index is -0.00000648. The average Bonchev–Trinajstić information content (AvgIpc) is 2.73. The van der Waals surface area contributed by atoms with Crippen molar-refractivity contribution in [2.45, 2.75) is 77.8 Å². The number of Topliss-reactive ketones (excluding diaryl/α,β-unsaturated/α-hetero) is 1. The zero-order valence-corrected chi connectivity index (χ0v) is 31.5. The van der Waals surface area contributed by atoms with Gasteiger partial charge in [0, 0.05) is 12.5 Å². The van der Waals surface area contributed by atoms with Gasteiger partial charge in [-0.1, -0.05) is 6.58 Å². The van der Waals surface area contributed by atoms with Crippen LogP contribution >= 0.6 is 0 Å². The Morgan fingerprint density at radius 3 is 1.33 bits per heavy atom. The molecule has 8 nitrogen and oxygen atoms in total. The lowest BCUT2D eigenvalue weighted by atomic mass is 10.3. The molecule has 0 bridgehead atoms. The van der Waals surface area contributed by atoms with Crippen LogP contribution in [-0.4, -0.2) is 111 Å². The van der Waals surface area contributed by atoms with Gasteiger partial charge >= 0.3 is 11.9 Å². The minimum absolute atomic E-state index is 0. The van der Waals surface area contributed by atoms with E-state index in [0.29, 0.717) is 18.7 Å². The van der Waals surface area contributed by atoms with E-state index in [1.165, 1.54) is 6.92 Å². The minimum Gasteiger partial charge on any atom is -1.00 e. The molecule has 0 saturated heterocycles. The van der Waals surface area contributed by atoms with Crippen molar-refractivity contribution in [3.8, 4) is 0 Å². The Labute approximate surface area is 261 Å². The molecule has 0 fully saturated rings. The first-order valence-corrected chi connectivity index (χ1v) is 19.9. The number of unbranched alkanes of at least 4 members (excludes halogenated alkanes) is 2. The fraction of sp³-hybridized carbons (Fsp3) is 0.815. The zero-order chi connectivity index (χ0) is 28.9. The zero-order valence-electron chi connectivity index (χ0n) is 26.3. The number of hydrogen-bond acceptors (Lipinski definition) is 6. The largest absolute Gasteiger partial charge is 1.00 e. The van der Waals surface area contributed by atoms with Gasteiger partial charge in [0.05, 0.1) is 41.3 Å². The molecule has 0 aromatic carbocycles. The summed E-state index contributed by atoms with van der Waals surface area (Å²) in [4.78, 5) is 33.9. The quantitative estimate of drug-likeness (QED) is 0.0377. The van der Waals surface area contributed by atoms with Crippen LogP contribution in [-0.2, 0) is 28.0 Å². The second-order valence-electron chi connectivity index (χ2n) is 12.9. The maximum Gasteiger partial charge on any atom is 0.374 e. The van der Waals surface area contributed by atoms with Crippen molar-refractivity contribution < 1.29 is 70.9 Å². The number of quaternary nitrogens is 2. The number of esters is 2. The van der Waals surface area contributed by atoms with Gasteiger partial charge < -0.3 is 56.5 Å². The standard InChI is InChI=1S/C27H56N2O6Si2.2BrH/c1-24(2)26(31)33-20-18-28(4,5)16-12-14-22-36(8,9)35-37(10,11)23-15-13-17-29(6,7)19-21-34-27(32)25(3)30;;/h1,12-23H2,2-11H3;2*1H/q+2;;/p-2. The summed E-state index contributed by atoms with van der Waals surface area (Å²) in [5.74, 6) is -1.61. The summed E-state index contributed by atoms with van der Waals surface area (Å²) in [6, 6.07) is 2.31. The van der Waals surface area contributed by atoms with E-state index in [-0.39, 0.29) is 46.5 Å². The van der Waals surface area contributed by atoms with Gasteiger partial charge in [-0.05, 0) is 70.9 Å². The van der Waals surface area contributed by atoms with E-state index < -0.39 is 28.4 Å². The first-order valence-electron chi connectivity index (χ1n) is 13.6. The predicted octanol–water partition coefficient (Wildman–Crippen LogP) is -1.61. The minimum atomic E-state index is -1.73. The van der Waals surface area contributed by atoms with Crippen molar-refractivity contribution in [2.24, 2.45) is 0 Å². The number of ketones is 1. The fourth-order valence-electron chi connectivity index (χ4n) is 4.25. The lowest BCUT2D eigenvalue weighted by Gasteiger charge is -2.35. The third-order valence-corrected chi connectivity index (χ3v) is 14.2. The summed E-state index contributed by atoms with van der Waals surface area (Å²) < 4.78 is 18.7. The Morgan fingerprint density at radius 2 is 1.00 bits per heavy atom. The molecule has 0 atom stereocenters. The van der Waals surface area contributed by atoms with Crippen LogP contribution < -0.4 is 34.0 Å². The number of halogens is 2. The fourth-order valence-corrected chi connectivity index (χ4v) is 13.3. The van der Waals surface area contributed by atoms with Crippen LogP contribution in [0.5, 0.6) is 0 Å². The molecule has 0 radical (unpaired) electrons. The Hall–Kier alpha value is -0.376. The number of rotatable bonds is 20. The van der Waals surface area contributed by atoms with Crippen LogP contribution in [0.2, 0.25) is 38.3 Å². The Morgan fingerprint density at radius 1 is 0.641 bits per heavy atom. The molecule has 0 aromatic heterocycles. The lowest BCUT2D eigenvalue weighted by molar-refractivity contribution is -0.890. The first kappa shape index (κ1) is 43.1. The van der Waals surface area contributed by atoms with Crippen molar-refractivity contribution in [3.05, 3.63) is 12.2 Å². The third-order valence-electron chi connectivity index (χ3n) is 6.63. The summed E-state index contributed by atoms with van der Waals surface area (Å²) in [7, 11) is 5.17. The SMILES string of the molecule is C=C(C)C(=O)OCC[N+](C)(C)CCCC[Si](C)(C)O[Si](C)(C)CCCC[N+](C)(C)CCOC(=O)C(C)=O.[Br-].[Br-]. The van der Waals surface area contributed by atoms with E-state index in [1.54, 1.807) is 6.92 Å². The van der Waals surface area contributed by atoms with Gasteiger partial charge in [0.15, 0.2) is 16.6 Å². The molecule has 0 saturated carbocycles. The van der Waals surface area contributed by atoms with Crippen LogP contribution in [0.15, 0.2) is 12.2 Å². The van der Waals surface area contributed by atoms with Crippen LogP contribution in [0.25, 0.3) is 0 Å². The van der Waals surface area contributed by atoms with Gasteiger partial charge in [-0.2, -0.15) is 0 Å². The third kappa shape index (κ3) is 22.9. The topological polar surface area (TPSA) is 78.9 Å². The number of ether oxygens (including phenoxy) is 2. The molecule has 0 unspecified atom stereocenters. The number of hydrogen-bond donors (Lipinski definition) is 0. The van der Waals surface area contributed by atoms with E-state index in [9.17, 15) is 14.4 Å². The highest BCUT2D eigenvalue weighted by Crippen LogP contribution is 2.25. The van der Waals surface area contributed by atoms with Gasteiger partial charge in [-0.25, -0.2) is 9.59 Å². The second kappa shape index (κ2) is 19.7. The highest BCUT2D eigenvalue weighted by atomic mass is 79.9. The lowest BCUT2D eigenvalue weighted by Crippen LogP contribution is -3.00. The van der Waals surface area contributed by atoms with Crippen molar-refractivity contribution in [3.63, 3.8) is 0 Å². The molecule has 0 aliphatic heterocycles. The molecule has 0 N–H and O–H groups in total. The summed E-state index contributed by atoms with van der Waals surface area (Å²) in [5, 5.41) is 0. The van der Waals surface area contributed by atoms with Crippen LogP contribution in [0.4, 0.5) is 0 Å². The predicted molar refractivity (Wildman–Crippen MR) is 155 cm³/mol. The maximum absolute atomic E-state index is 11.6. The summed E-state index contributed by atoms with van der Waals surface area (Å²) in [6.45, 7) is 20.2. The molecule has 232 valence electrons. The number of carbonyl (C=O) groups excluding carboxylic acids is 3. The van der Waals surface area contributed by atoms with E-state index in [2.05, 4.69) is 61.0 Å². The molecule has 39 heavy (non-hydrogen) atoms. The summed E-state index contributed by atoms with van der Waals surface area (Å²) >= 11 is 0. The summed E-state index contributed by atoms with van der Waals surface area (Å²) in [5.41, 5.74) is 0.443. The monoisotopic (exact) mass is 718 g/mol. The molecular formula is C27H56Br2N2O6Si2. The van der Waals surface area contributed by atoms with Gasteiger partial charge in [-0.3, -0.25) is 4.79 Å². The smallest absolute Gasteiger partial charge is 0.374 e. The van der Waals surface area contributed by atoms with Crippen LogP contribution in [0, 0.1) is 0 Å². The van der Waals surface area contributed by atoms with Crippen molar-refractivity contribution in [2.75, 3.05) is 67.6 Å². The first-order chi connectivity index (χ1) is 16.8. The highest BCUT2D eigenvalue weighted by molar-refractivity contribution is 6.84. The van der Waals surface area contributed by atoms with Crippen LogP contribution in [0.3, 0.4) is 0 Å². The molecular weight excluding hydrogens is 664 g/mol. The van der Waals surface area contributed by atoms with E-state index in [1.807, 2.05) is 0 Å². The van der Waals surface area contributed by atoms with Crippen molar-refractivity contribution in [1.82, 2.24) is 0 Å². The van der Waals surface area contributed by atoms with E-state index >= 15 is 0 Å². The molecule has 0 aliphatic carbocycles. The molecule has 0 amide bonds. The number of likely N-dealkylation sites (N-methyl/N-ethyl adjacent to an activating group) is 2. The van der Waals surface area contributed by atoms with Gasteiger partial charge in [0.2, 0.25) is 5.78 Å². The number of nitrogens with zero attached hydrogens (tertiary/aromatic N) is 2. The molecule has 0 aromatic rings. The Bertz CT molecular complexity index is 715. The average molecular weight is 721 g/mol. The molecule has 0 aliphatic rings. The maximum atomic E-state index is 11.6. The van der Waals surface area contributed by atoms with Crippen molar-refractivity contribution >= 4 is 34.4 Å². The normalized spacial score (nSPS) is 12.2. The second-order valence-corrected chi connectivity index (χ2v) is 21.8. The van der Waals surface area contributed by atoms with E-state index in [0.717, 1.165) is 66.4 Å². The molecule has 0 heterocycles. The van der Waals surface area contributed by atoms with Gasteiger partial charge in [-0.15, -0.1) is 0 Å². The van der Waals surface area contributed by atoms with Crippen LogP contribution in [0.1, 0.15) is 39.5 Å². The summed E-state index contributed by atoms with van der Waals surface area (Å²) in [6.07, 6.45) is 4.54. The number of carbonyl (C=O) groups is 3. The van der Waals surface area contributed by atoms with Gasteiger partial charge in [0.1, 0.15) is 26.3 Å². The van der Waals surface area contributed by atoms with Gasteiger partial charge in [0.25, 0.3) is 0 Å². The van der Waals surface area contributed by atoms with Crippen molar-refractivity contribution in [1.29, 1.82) is 0 Å². The molecule has 0 spiro atoms. The highest BCUT2D eigenvalue weighted by Gasteiger charge is 2.32. The Kier molecular flexibility index (Phi) is 21.8. The molecule has 0 rings (SSSR count).